The normalized spacial score (nSPS) is 14.6. The van der Waals surface area contributed by atoms with E-state index in [-0.39, 0.29) is 5.92 Å². The third-order valence-electron chi connectivity index (χ3n) is 8.97. The Morgan fingerprint density at radius 2 is 1.80 bits per heavy atom. The molecular weight excluding hydrogens is 661 g/mol. The molecule has 2 aliphatic rings. The van der Waals surface area contributed by atoms with Gasteiger partial charge in [-0.2, -0.15) is 0 Å². The number of terminal acetylenes is 1. The first-order valence-corrected chi connectivity index (χ1v) is 18.2. The molecule has 0 spiro atoms. The number of allylic oxidation sites excluding steroid dienone is 7. The minimum Gasteiger partial charge on any atom is -0.314 e. The predicted molar refractivity (Wildman–Crippen MR) is 234 cm³/mol. The van der Waals surface area contributed by atoms with Gasteiger partial charge >= 0.3 is 0 Å². The number of fused-ring (bicyclic) bond motifs is 5. The number of aromatic nitrogens is 2. The fourth-order valence-electron chi connectivity index (χ4n) is 6.53. The molecule has 2 heterocycles. The second kappa shape index (κ2) is 20.8. The van der Waals surface area contributed by atoms with Crippen LogP contribution in [-0.2, 0) is 6.42 Å². The van der Waals surface area contributed by atoms with Gasteiger partial charge in [-0.25, -0.2) is 4.98 Å². The van der Waals surface area contributed by atoms with E-state index >= 15 is 0 Å². The van der Waals surface area contributed by atoms with Gasteiger partial charge in [-0.05, 0) is 79.8 Å². The van der Waals surface area contributed by atoms with Crippen molar-refractivity contribution in [2.24, 2.45) is 0 Å². The molecule has 4 aromatic rings. The lowest BCUT2D eigenvalue weighted by molar-refractivity contribution is 0.456. The van der Waals surface area contributed by atoms with Crippen LogP contribution < -0.4 is 5.32 Å². The van der Waals surface area contributed by atoms with Crippen molar-refractivity contribution in [3.05, 3.63) is 168 Å². The number of hydrogen-bond acceptors (Lipinski definition) is 5. The standard InChI is InChI=1S/C38H32N4.C8H18N2.C2H2/c1-3-5-18-34(40)30-24-35(27-13-7-6-8-14-27)41-37(25-30)42-36(4-2)32(21-22-39)33-17-11-15-28-23-29(38(33)42)20-19-26-12-9-10-16-31(26)28;1-4-9-7-5-6-8-10(2)3;1-2/h3-14,16-20,22-25,29,39-40H,1-2,15,21H2;5-6,9H,4,7-8H2,1-3H3;1-2H/b17-11-,18-5-,39-22?,40-34?;6-5-;. The van der Waals surface area contributed by atoms with Gasteiger partial charge < -0.3 is 21.0 Å². The van der Waals surface area contributed by atoms with E-state index in [9.17, 15) is 0 Å². The molecule has 1 unspecified atom stereocenters. The van der Waals surface area contributed by atoms with Crippen LogP contribution in [-0.4, -0.2) is 60.1 Å². The smallest absolute Gasteiger partial charge is 0.138 e. The third kappa shape index (κ3) is 10.0. The van der Waals surface area contributed by atoms with E-state index in [4.69, 9.17) is 15.8 Å². The summed E-state index contributed by atoms with van der Waals surface area (Å²) in [5, 5.41) is 20.1. The highest BCUT2D eigenvalue weighted by atomic mass is 15.1. The van der Waals surface area contributed by atoms with Gasteiger partial charge in [-0.3, -0.25) is 4.57 Å². The molecule has 6 heteroatoms. The van der Waals surface area contributed by atoms with E-state index in [0.29, 0.717) is 18.0 Å². The van der Waals surface area contributed by atoms with Gasteiger partial charge in [0.2, 0.25) is 0 Å². The van der Waals surface area contributed by atoms with Gasteiger partial charge in [0.1, 0.15) is 5.82 Å². The monoisotopic (exact) mass is 712 g/mol. The quantitative estimate of drug-likeness (QED) is 0.0425. The second-order valence-corrected chi connectivity index (χ2v) is 12.9. The lowest BCUT2D eigenvalue weighted by atomic mass is 9.91. The average Bonchev–Trinajstić information content (AvgIpc) is 3.36. The Labute approximate surface area is 322 Å². The van der Waals surface area contributed by atoms with Crippen LogP contribution in [0, 0.1) is 23.7 Å². The maximum atomic E-state index is 8.83. The molecule has 0 aliphatic heterocycles. The Hall–Kier alpha value is -6.13. The van der Waals surface area contributed by atoms with E-state index in [1.807, 2.05) is 48.5 Å². The second-order valence-electron chi connectivity index (χ2n) is 12.9. The van der Waals surface area contributed by atoms with Gasteiger partial charge in [0.05, 0.1) is 17.1 Å². The summed E-state index contributed by atoms with van der Waals surface area (Å²) in [6.07, 6.45) is 33.4. The van der Waals surface area contributed by atoms with Crippen LogP contribution in [0.1, 0.15) is 58.5 Å². The first kappa shape index (κ1) is 40.6. The number of likely N-dealkylation sites (N-methyl/N-ethyl adjacent to an activating group) is 2. The topological polar surface area (TPSA) is 80.8 Å². The zero-order chi connectivity index (χ0) is 38.9. The fraction of sp³-hybridized carbons (Fsp3) is 0.188. The largest absolute Gasteiger partial charge is 0.314 e. The molecule has 3 N–H and O–H groups in total. The molecule has 6 rings (SSSR count). The fourth-order valence-corrected chi connectivity index (χ4v) is 6.53. The summed E-state index contributed by atoms with van der Waals surface area (Å²) in [6.45, 7) is 13.2. The molecule has 2 aromatic carbocycles. The Morgan fingerprint density at radius 3 is 2.50 bits per heavy atom. The molecule has 2 bridgehead atoms. The van der Waals surface area contributed by atoms with E-state index in [1.165, 1.54) is 22.9 Å². The van der Waals surface area contributed by atoms with Crippen LogP contribution in [0.4, 0.5) is 0 Å². The van der Waals surface area contributed by atoms with Gasteiger partial charge in [0, 0.05) is 47.8 Å². The highest BCUT2D eigenvalue weighted by Crippen LogP contribution is 2.41. The third-order valence-corrected chi connectivity index (χ3v) is 8.97. The first-order valence-electron chi connectivity index (χ1n) is 18.2. The van der Waals surface area contributed by atoms with Crippen molar-refractivity contribution in [2.75, 3.05) is 33.7 Å². The Balaban J connectivity index is 0.000000472. The van der Waals surface area contributed by atoms with Crippen LogP contribution in [0.5, 0.6) is 0 Å². The molecule has 0 amide bonds. The van der Waals surface area contributed by atoms with Crippen molar-refractivity contribution >= 4 is 35.7 Å². The number of nitrogens with one attached hydrogen (secondary N) is 3. The van der Waals surface area contributed by atoms with Crippen LogP contribution in [0.15, 0.2) is 128 Å². The average molecular weight is 713 g/mol. The minimum absolute atomic E-state index is 0.0312. The lowest BCUT2D eigenvalue weighted by Crippen LogP contribution is -2.14. The van der Waals surface area contributed by atoms with Gasteiger partial charge in [-0.1, -0.05) is 129 Å². The zero-order valence-electron chi connectivity index (χ0n) is 31.8. The van der Waals surface area contributed by atoms with Crippen molar-refractivity contribution in [2.45, 2.75) is 25.7 Å². The Morgan fingerprint density at radius 1 is 1.04 bits per heavy atom. The molecule has 274 valence electrons. The Bertz CT molecular complexity index is 2100. The van der Waals surface area contributed by atoms with Crippen LogP contribution >= 0.6 is 0 Å². The number of hydrogen-bond donors (Lipinski definition) is 3. The van der Waals surface area contributed by atoms with Crippen molar-refractivity contribution in [1.29, 1.82) is 10.8 Å². The summed E-state index contributed by atoms with van der Waals surface area (Å²) in [7, 11) is 4.13. The molecule has 0 saturated heterocycles. The van der Waals surface area contributed by atoms with E-state index in [1.54, 1.807) is 18.2 Å². The molecule has 0 saturated carbocycles. The summed E-state index contributed by atoms with van der Waals surface area (Å²) in [4.78, 5) is 7.34. The van der Waals surface area contributed by atoms with Crippen LogP contribution in [0.25, 0.3) is 40.9 Å². The van der Waals surface area contributed by atoms with E-state index < -0.39 is 0 Å². The van der Waals surface area contributed by atoms with Gasteiger partial charge in [-0.15, -0.1) is 12.8 Å². The highest BCUT2D eigenvalue weighted by molar-refractivity contribution is 6.07. The van der Waals surface area contributed by atoms with Crippen LogP contribution in [0.3, 0.4) is 0 Å². The van der Waals surface area contributed by atoms with E-state index in [0.717, 1.165) is 65.4 Å². The maximum absolute atomic E-state index is 8.83. The molecular formula is C48H52N6. The van der Waals surface area contributed by atoms with Crippen molar-refractivity contribution in [1.82, 2.24) is 19.8 Å². The molecule has 54 heavy (non-hydrogen) atoms. The summed E-state index contributed by atoms with van der Waals surface area (Å²) in [5.41, 5.74) is 10.8. The molecule has 2 aromatic heterocycles. The number of rotatable bonds is 13. The lowest BCUT2D eigenvalue weighted by Gasteiger charge is -2.20. The summed E-state index contributed by atoms with van der Waals surface area (Å²) in [6, 6.07) is 22.5. The van der Waals surface area contributed by atoms with Gasteiger partial charge in [0.15, 0.2) is 0 Å². The number of benzene rings is 2. The van der Waals surface area contributed by atoms with Crippen molar-refractivity contribution in [3.63, 3.8) is 0 Å². The minimum atomic E-state index is -0.0312. The summed E-state index contributed by atoms with van der Waals surface area (Å²) < 4.78 is 2.19. The molecule has 0 radical (unpaired) electrons. The SMILES string of the molecule is C#C.C=C/C=C\C(=N)c1cc(-c2ccccc2)nc(-n2c(C=C)c(CC=N)c3c2C2C=Cc4ccccc4C(=C2)C/C=C\3)c1.CCNC/C=C\CN(C)C. The maximum Gasteiger partial charge on any atom is 0.138 e. The zero-order valence-corrected chi connectivity index (χ0v) is 31.8. The van der Waals surface area contributed by atoms with Crippen molar-refractivity contribution < 1.29 is 0 Å². The number of nitrogens with zero attached hydrogens (tertiary/aromatic N) is 3. The predicted octanol–water partition coefficient (Wildman–Crippen LogP) is 10.1. The van der Waals surface area contributed by atoms with Crippen LogP contribution in [0.2, 0.25) is 0 Å². The first-order chi connectivity index (χ1) is 26.4. The van der Waals surface area contributed by atoms with Gasteiger partial charge in [0.25, 0.3) is 0 Å². The molecule has 1 atom stereocenters. The summed E-state index contributed by atoms with van der Waals surface area (Å²) in [5.74, 6) is 0.681. The molecule has 0 fully saturated rings. The number of pyridine rings is 1. The Kier molecular flexibility index (Phi) is 15.6. The summed E-state index contributed by atoms with van der Waals surface area (Å²) >= 11 is 0. The highest BCUT2D eigenvalue weighted by Gasteiger charge is 2.28. The van der Waals surface area contributed by atoms with E-state index in [2.05, 4.69) is 129 Å². The van der Waals surface area contributed by atoms with Crippen molar-refractivity contribution in [3.8, 4) is 29.9 Å². The molecule has 2 aliphatic carbocycles. The molecule has 6 nitrogen and oxygen atoms in total.